The quantitative estimate of drug-likeness (QED) is 0.249. The van der Waals surface area contributed by atoms with E-state index in [4.69, 9.17) is 0 Å². The van der Waals surface area contributed by atoms with Crippen LogP contribution in [0, 0.1) is 6.92 Å². The Morgan fingerprint density at radius 1 is 0.789 bits per heavy atom. The number of hydrogen-bond donors (Lipinski definition) is 1. The Hall–Kier alpha value is -4.06. The zero-order valence-corrected chi connectivity index (χ0v) is 21.5. The van der Waals surface area contributed by atoms with Crippen molar-refractivity contribution in [1.82, 2.24) is 5.32 Å². The number of nitrogens with zero attached hydrogens (tertiary/aromatic N) is 1. The van der Waals surface area contributed by atoms with Crippen molar-refractivity contribution >= 4 is 11.6 Å². The number of likely N-dealkylation sites (N-methyl/N-ethyl adjacent to an activating group) is 1. The van der Waals surface area contributed by atoms with Gasteiger partial charge in [0.25, 0.3) is 0 Å². The Balaban J connectivity index is 1.74. The first-order valence-corrected chi connectivity index (χ1v) is 12.6. The molecule has 0 aliphatic rings. The van der Waals surface area contributed by atoms with Crippen LogP contribution < -0.4 is 10.2 Å². The van der Waals surface area contributed by atoms with Crippen LogP contribution >= 0.6 is 0 Å². The molecule has 0 fully saturated rings. The van der Waals surface area contributed by atoms with Crippen molar-refractivity contribution in [3.8, 4) is 0 Å². The van der Waals surface area contributed by atoms with E-state index in [0.717, 1.165) is 40.1 Å². The van der Waals surface area contributed by atoms with Crippen molar-refractivity contribution in [2.45, 2.75) is 31.5 Å². The largest absolute Gasteiger partial charge is 0.416 e. The normalized spacial score (nSPS) is 13.0. The first-order chi connectivity index (χ1) is 18.3. The van der Waals surface area contributed by atoms with Crippen molar-refractivity contribution in [3.63, 3.8) is 0 Å². The number of benzene rings is 4. The number of amides is 1. The van der Waals surface area contributed by atoms with Crippen molar-refractivity contribution in [3.05, 3.63) is 137 Å². The van der Waals surface area contributed by atoms with E-state index in [1.807, 2.05) is 85.8 Å². The van der Waals surface area contributed by atoms with Crippen molar-refractivity contribution in [1.29, 1.82) is 0 Å². The average Bonchev–Trinajstić information content (AvgIpc) is 2.93. The van der Waals surface area contributed by atoms with Gasteiger partial charge in [0.1, 0.15) is 6.04 Å². The van der Waals surface area contributed by atoms with Gasteiger partial charge in [-0.05, 0) is 54.3 Å². The number of halogens is 3. The second kappa shape index (κ2) is 12.0. The van der Waals surface area contributed by atoms with Crippen LogP contribution in [-0.4, -0.2) is 19.5 Å². The fourth-order valence-electron chi connectivity index (χ4n) is 4.86. The Kier molecular flexibility index (Phi) is 8.52. The molecule has 0 aliphatic heterocycles. The molecule has 0 unspecified atom stereocenters. The van der Waals surface area contributed by atoms with Crippen LogP contribution in [0.3, 0.4) is 0 Å². The first kappa shape index (κ1) is 27.0. The SMILES string of the molecule is CNC(=O)[C@H](c1ccccc1)N(CC[C@H](c1ccc(C(F)(F)F)cc1)c1cccc(C)c1)c1ccccc1. The summed E-state index contributed by atoms with van der Waals surface area (Å²) in [6.07, 6.45) is -3.80. The number of alkyl halides is 3. The van der Waals surface area contributed by atoms with Gasteiger partial charge in [0, 0.05) is 25.2 Å². The van der Waals surface area contributed by atoms with Crippen LogP contribution in [-0.2, 0) is 11.0 Å². The summed E-state index contributed by atoms with van der Waals surface area (Å²) in [5.41, 5.74) is 3.98. The van der Waals surface area contributed by atoms with Crippen LogP contribution in [0.15, 0.2) is 109 Å². The van der Waals surface area contributed by atoms with Gasteiger partial charge in [0.15, 0.2) is 0 Å². The van der Waals surface area contributed by atoms with Crippen molar-refractivity contribution in [2.24, 2.45) is 0 Å². The topological polar surface area (TPSA) is 32.3 Å². The summed E-state index contributed by atoms with van der Waals surface area (Å²) >= 11 is 0. The van der Waals surface area contributed by atoms with E-state index in [9.17, 15) is 18.0 Å². The predicted octanol–water partition coefficient (Wildman–Crippen LogP) is 7.53. The summed E-state index contributed by atoms with van der Waals surface area (Å²) in [5, 5.41) is 2.81. The minimum atomic E-state index is -4.39. The monoisotopic (exact) mass is 516 g/mol. The van der Waals surface area contributed by atoms with Gasteiger partial charge in [-0.25, -0.2) is 0 Å². The number of carbonyl (C=O) groups excluding carboxylic acids is 1. The lowest BCUT2D eigenvalue weighted by atomic mass is 9.87. The highest BCUT2D eigenvalue weighted by Crippen LogP contribution is 2.35. The van der Waals surface area contributed by atoms with E-state index in [2.05, 4.69) is 16.3 Å². The van der Waals surface area contributed by atoms with E-state index in [1.165, 1.54) is 0 Å². The molecule has 1 N–H and O–H groups in total. The molecule has 38 heavy (non-hydrogen) atoms. The third-order valence-electron chi connectivity index (χ3n) is 6.75. The Bertz CT molecular complexity index is 1320. The zero-order valence-electron chi connectivity index (χ0n) is 21.5. The van der Waals surface area contributed by atoms with Gasteiger partial charge in [0.2, 0.25) is 5.91 Å². The summed E-state index contributed by atoms with van der Waals surface area (Å²) in [6, 6.07) is 32.2. The summed E-state index contributed by atoms with van der Waals surface area (Å²) in [4.78, 5) is 15.3. The molecule has 1 amide bonds. The molecule has 0 aromatic heterocycles. The first-order valence-electron chi connectivity index (χ1n) is 12.6. The molecular formula is C32H31F3N2O. The fourth-order valence-corrected chi connectivity index (χ4v) is 4.86. The molecule has 4 aromatic rings. The lowest BCUT2D eigenvalue weighted by molar-refractivity contribution is -0.137. The van der Waals surface area contributed by atoms with Gasteiger partial charge in [-0.3, -0.25) is 4.79 Å². The van der Waals surface area contributed by atoms with Crippen LogP contribution in [0.25, 0.3) is 0 Å². The number of rotatable bonds is 9. The smallest absolute Gasteiger partial charge is 0.357 e. The minimum absolute atomic E-state index is 0.137. The Morgan fingerprint density at radius 3 is 1.97 bits per heavy atom. The van der Waals surface area contributed by atoms with Gasteiger partial charge < -0.3 is 10.2 Å². The number of hydrogen-bond acceptors (Lipinski definition) is 2. The highest BCUT2D eigenvalue weighted by atomic mass is 19.4. The van der Waals surface area contributed by atoms with Gasteiger partial charge in [-0.1, -0.05) is 90.5 Å². The molecular weight excluding hydrogens is 485 g/mol. The van der Waals surface area contributed by atoms with Gasteiger partial charge in [-0.2, -0.15) is 13.2 Å². The summed E-state index contributed by atoms with van der Waals surface area (Å²) in [7, 11) is 1.62. The van der Waals surface area contributed by atoms with E-state index < -0.39 is 17.8 Å². The number of carbonyl (C=O) groups is 1. The molecule has 0 saturated heterocycles. The molecule has 0 radical (unpaired) electrons. The summed E-state index contributed by atoms with van der Waals surface area (Å²) < 4.78 is 39.8. The molecule has 196 valence electrons. The number of para-hydroxylation sites is 1. The molecule has 3 nitrogen and oxygen atoms in total. The van der Waals surface area contributed by atoms with E-state index >= 15 is 0 Å². The number of nitrogens with one attached hydrogen (secondary N) is 1. The van der Waals surface area contributed by atoms with Crippen molar-refractivity contribution in [2.75, 3.05) is 18.5 Å². The molecule has 0 saturated carbocycles. The maximum absolute atomic E-state index is 13.3. The third-order valence-corrected chi connectivity index (χ3v) is 6.75. The maximum Gasteiger partial charge on any atom is 0.416 e. The molecule has 0 heterocycles. The average molecular weight is 517 g/mol. The highest BCUT2D eigenvalue weighted by molar-refractivity contribution is 5.86. The van der Waals surface area contributed by atoms with Crippen LogP contribution in [0.1, 0.15) is 46.2 Å². The molecule has 0 bridgehead atoms. The highest BCUT2D eigenvalue weighted by Gasteiger charge is 2.31. The number of aryl methyl sites for hydroxylation is 1. The van der Waals surface area contributed by atoms with Crippen LogP contribution in [0.4, 0.5) is 18.9 Å². The Labute approximate surface area is 221 Å². The maximum atomic E-state index is 13.3. The van der Waals surface area contributed by atoms with Crippen LogP contribution in [0.5, 0.6) is 0 Å². The molecule has 4 aromatic carbocycles. The van der Waals surface area contributed by atoms with Gasteiger partial charge >= 0.3 is 6.18 Å². The minimum Gasteiger partial charge on any atom is -0.357 e. The van der Waals surface area contributed by atoms with E-state index in [-0.39, 0.29) is 11.8 Å². The van der Waals surface area contributed by atoms with Gasteiger partial charge in [-0.15, -0.1) is 0 Å². The molecule has 4 rings (SSSR count). The molecule has 6 heteroatoms. The predicted molar refractivity (Wildman–Crippen MR) is 146 cm³/mol. The van der Waals surface area contributed by atoms with Gasteiger partial charge in [0.05, 0.1) is 5.56 Å². The zero-order chi connectivity index (χ0) is 27.1. The second-order valence-electron chi connectivity index (χ2n) is 9.33. The second-order valence-corrected chi connectivity index (χ2v) is 9.33. The lowest BCUT2D eigenvalue weighted by Crippen LogP contribution is -2.40. The third kappa shape index (κ3) is 6.43. The summed E-state index contributed by atoms with van der Waals surface area (Å²) in [5.74, 6) is -0.300. The van der Waals surface area contributed by atoms with E-state index in [1.54, 1.807) is 19.2 Å². The van der Waals surface area contributed by atoms with Crippen LogP contribution in [0.2, 0.25) is 0 Å². The Morgan fingerprint density at radius 2 is 1.39 bits per heavy atom. The fraction of sp³-hybridized carbons (Fsp3) is 0.219. The van der Waals surface area contributed by atoms with Crippen molar-refractivity contribution < 1.29 is 18.0 Å². The molecule has 2 atom stereocenters. The summed E-state index contributed by atoms with van der Waals surface area (Å²) in [6.45, 7) is 2.50. The molecule has 0 spiro atoms. The lowest BCUT2D eigenvalue weighted by Gasteiger charge is -2.34. The number of anilines is 1. The van der Waals surface area contributed by atoms with E-state index in [0.29, 0.717) is 13.0 Å². The standard InChI is InChI=1S/C32H31F3N2O/c1-23-10-9-13-26(22-23)29(24-16-18-27(19-17-24)32(33,34)35)20-21-37(28-14-7-4-8-15-28)30(31(38)36-2)25-11-5-3-6-12-25/h3-19,22,29-30H,20-21H2,1-2H3,(H,36,38)/t29-,30+/m1/s1. The molecule has 0 aliphatic carbocycles.